The minimum atomic E-state index is -0.143. The first-order valence-corrected chi connectivity index (χ1v) is 8.21. The Bertz CT molecular complexity index is 1100. The zero-order valence-corrected chi connectivity index (χ0v) is 13.2. The number of aromatic amines is 1. The van der Waals surface area contributed by atoms with Crippen molar-refractivity contribution in [3.05, 3.63) is 52.2 Å². The Hall–Kier alpha value is -2.62. The molecule has 0 aliphatic carbocycles. The summed E-state index contributed by atoms with van der Waals surface area (Å²) in [5, 5.41) is 3.48. The first-order chi connectivity index (χ1) is 11.3. The fourth-order valence-corrected chi connectivity index (χ4v) is 3.37. The van der Waals surface area contributed by atoms with Crippen LogP contribution in [0, 0.1) is 0 Å². The van der Waals surface area contributed by atoms with Crippen LogP contribution in [0.2, 0.25) is 0 Å². The molecule has 1 N–H and O–H groups in total. The minimum absolute atomic E-state index is 0.143. The fraction of sp³-hybridized carbons (Fsp3) is 0.263. The molecule has 23 heavy (non-hydrogen) atoms. The molecule has 0 saturated heterocycles. The lowest BCUT2D eigenvalue weighted by Crippen LogP contribution is -2.13. The van der Waals surface area contributed by atoms with Gasteiger partial charge in [0.1, 0.15) is 0 Å². The van der Waals surface area contributed by atoms with Crippen LogP contribution >= 0.6 is 0 Å². The summed E-state index contributed by atoms with van der Waals surface area (Å²) in [4.78, 5) is 19.5. The van der Waals surface area contributed by atoms with Gasteiger partial charge < -0.3 is 4.98 Å². The number of fused-ring (bicyclic) bond motifs is 5. The van der Waals surface area contributed by atoms with Crippen molar-refractivity contribution >= 4 is 33.5 Å². The maximum absolute atomic E-state index is 12.3. The first kappa shape index (κ1) is 14.0. The number of nitrogens with zero attached hydrogens (tertiary/aromatic N) is 2. The van der Waals surface area contributed by atoms with Crippen LogP contribution < -0.4 is 10.8 Å². The predicted molar refractivity (Wildman–Crippen MR) is 94.6 cm³/mol. The lowest BCUT2D eigenvalue weighted by atomic mass is 10.1. The second kappa shape index (κ2) is 5.54. The van der Waals surface area contributed by atoms with Crippen molar-refractivity contribution in [2.75, 3.05) is 0 Å². The number of unbranched alkanes of at least 4 members (excludes halogenated alkanes) is 3. The monoisotopic (exact) mass is 305 g/mol. The number of benzene rings is 1. The predicted octanol–water partition coefficient (Wildman–Crippen LogP) is 3.41. The molecule has 0 spiro atoms. The highest BCUT2D eigenvalue weighted by Crippen LogP contribution is 2.22. The highest BCUT2D eigenvalue weighted by molar-refractivity contribution is 6.09. The minimum Gasteiger partial charge on any atom is -0.317 e. The van der Waals surface area contributed by atoms with Gasteiger partial charge in [-0.2, -0.15) is 0 Å². The summed E-state index contributed by atoms with van der Waals surface area (Å²) in [6.45, 7) is 2.22. The largest absolute Gasteiger partial charge is 0.317 e. The Morgan fingerprint density at radius 1 is 1.22 bits per heavy atom. The average Bonchev–Trinajstić information content (AvgIpc) is 3.16. The van der Waals surface area contributed by atoms with Gasteiger partial charge in [0.05, 0.1) is 11.0 Å². The molecule has 0 amide bonds. The van der Waals surface area contributed by atoms with E-state index >= 15 is 0 Å². The normalized spacial score (nSPS) is 12.8. The summed E-state index contributed by atoms with van der Waals surface area (Å²) in [5.74, 6) is 0. The molecule has 4 aromatic rings. The molecule has 4 heteroatoms. The Morgan fingerprint density at radius 2 is 2.04 bits per heavy atom. The average molecular weight is 305 g/mol. The van der Waals surface area contributed by atoms with Crippen LogP contribution in [-0.4, -0.2) is 14.4 Å². The lowest BCUT2D eigenvalue weighted by Gasteiger charge is -1.98. The van der Waals surface area contributed by atoms with Gasteiger partial charge in [-0.1, -0.05) is 50.1 Å². The molecule has 0 fully saturated rings. The zero-order chi connectivity index (χ0) is 15.8. The van der Waals surface area contributed by atoms with E-state index in [-0.39, 0.29) is 5.56 Å². The van der Waals surface area contributed by atoms with Gasteiger partial charge >= 0.3 is 0 Å². The quantitative estimate of drug-likeness (QED) is 0.587. The van der Waals surface area contributed by atoms with E-state index in [0.717, 1.165) is 22.8 Å². The van der Waals surface area contributed by atoms with Gasteiger partial charge in [-0.15, -0.1) is 0 Å². The standard InChI is InChI=1S/C19H19N3O/c1-2-3-4-5-10-15-13-8-6-7-9-14(13)16-17(15)22-12-11-20-18(22)19(23)21-16/h6-12H,2-5H2,1H3,(H,21,23). The molecule has 0 radical (unpaired) electrons. The van der Waals surface area contributed by atoms with Crippen molar-refractivity contribution < 1.29 is 0 Å². The molecule has 2 aromatic heterocycles. The van der Waals surface area contributed by atoms with Crippen LogP contribution in [0.15, 0.2) is 41.5 Å². The number of hydrogen-bond acceptors (Lipinski definition) is 2. The molecular formula is C19H19N3O. The molecule has 0 bridgehead atoms. The molecule has 0 unspecified atom stereocenters. The van der Waals surface area contributed by atoms with E-state index in [0.29, 0.717) is 5.65 Å². The summed E-state index contributed by atoms with van der Waals surface area (Å²) in [6, 6.07) is 8.26. The van der Waals surface area contributed by atoms with Gasteiger partial charge in [-0.05, 0) is 18.2 Å². The molecule has 2 heterocycles. The second-order valence-corrected chi connectivity index (χ2v) is 5.96. The summed E-state index contributed by atoms with van der Waals surface area (Å²) >= 11 is 0. The molecule has 2 aromatic carbocycles. The Kier molecular flexibility index (Phi) is 3.37. The molecule has 0 aliphatic heterocycles. The van der Waals surface area contributed by atoms with Crippen LogP contribution in [0.1, 0.15) is 32.6 Å². The maximum atomic E-state index is 12.3. The van der Waals surface area contributed by atoms with Crippen LogP contribution in [0.5, 0.6) is 0 Å². The van der Waals surface area contributed by atoms with Crippen molar-refractivity contribution in [2.45, 2.75) is 32.6 Å². The van der Waals surface area contributed by atoms with Gasteiger partial charge in [-0.3, -0.25) is 9.20 Å². The number of aromatic nitrogens is 3. The summed E-state index contributed by atoms with van der Waals surface area (Å²) in [6.07, 6.45) is 10.6. The molecule has 4 nitrogen and oxygen atoms in total. The maximum Gasteiger partial charge on any atom is 0.292 e. The smallest absolute Gasteiger partial charge is 0.292 e. The van der Waals surface area contributed by atoms with Gasteiger partial charge in [0, 0.05) is 23.0 Å². The van der Waals surface area contributed by atoms with E-state index in [1.807, 2.05) is 22.7 Å². The third-order valence-electron chi connectivity index (χ3n) is 4.46. The van der Waals surface area contributed by atoms with Crippen LogP contribution in [0.4, 0.5) is 0 Å². The third kappa shape index (κ3) is 2.13. The van der Waals surface area contributed by atoms with Gasteiger partial charge in [0.25, 0.3) is 5.56 Å². The van der Waals surface area contributed by atoms with Gasteiger partial charge in [0.15, 0.2) is 0 Å². The van der Waals surface area contributed by atoms with Crippen LogP contribution in [0.3, 0.4) is 0 Å². The number of nitrogens with one attached hydrogen (secondary N) is 1. The Balaban J connectivity index is 2.12. The van der Waals surface area contributed by atoms with Crippen molar-refractivity contribution in [3.8, 4) is 0 Å². The molecule has 0 saturated carbocycles. The zero-order valence-electron chi connectivity index (χ0n) is 13.2. The molecule has 0 atom stereocenters. The van der Waals surface area contributed by atoms with Crippen LogP contribution in [-0.2, 0) is 0 Å². The lowest BCUT2D eigenvalue weighted by molar-refractivity contribution is 0.741. The van der Waals surface area contributed by atoms with Crippen molar-refractivity contribution in [3.63, 3.8) is 0 Å². The molecule has 0 aliphatic rings. The SMILES string of the molecule is CCCCCC=c1c2ccccc2c2[nH]c(=O)c3nccn3c12. The van der Waals surface area contributed by atoms with Crippen molar-refractivity contribution in [1.29, 1.82) is 0 Å². The fourth-order valence-electron chi connectivity index (χ4n) is 3.37. The number of rotatable bonds is 4. The highest BCUT2D eigenvalue weighted by atomic mass is 16.1. The second-order valence-electron chi connectivity index (χ2n) is 5.96. The molecular weight excluding hydrogens is 286 g/mol. The van der Waals surface area contributed by atoms with E-state index in [4.69, 9.17) is 0 Å². The number of H-pyrrole nitrogens is 1. The number of hydrogen-bond donors (Lipinski definition) is 1. The summed E-state index contributed by atoms with van der Waals surface area (Å²) in [5.41, 5.74) is 2.26. The summed E-state index contributed by atoms with van der Waals surface area (Å²) < 4.78 is 1.92. The topological polar surface area (TPSA) is 50.2 Å². The van der Waals surface area contributed by atoms with E-state index in [2.05, 4.69) is 35.1 Å². The van der Waals surface area contributed by atoms with Gasteiger partial charge in [0.2, 0.25) is 5.65 Å². The molecule has 4 rings (SSSR count). The van der Waals surface area contributed by atoms with E-state index in [1.165, 1.54) is 29.9 Å². The van der Waals surface area contributed by atoms with E-state index in [9.17, 15) is 4.79 Å². The Labute approximate surface area is 133 Å². The van der Waals surface area contributed by atoms with E-state index < -0.39 is 0 Å². The van der Waals surface area contributed by atoms with E-state index in [1.54, 1.807) is 6.20 Å². The third-order valence-corrected chi connectivity index (χ3v) is 4.46. The molecule has 116 valence electrons. The number of imidazole rings is 1. The van der Waals surface area contributed by atoms with Crippen molar-refractivity contribution in [1.82, 2.24) is 14.4 Å². The Morgan fingerprint density at radius 3 is 2.87 bits per heavy atom. The van der Waals surface area contributed by atoms with Gasteiger partial charge in [-0.25, -0.2) is 4.98 Å². The summed E-state index contributed by atoms with van der Waals surface area (Å²) in [7, 11) is 0. The van der Waals surface area contributed by atoms with Crippen molar-refractivity contribution in [2.24, 2.45) is 0 Å². The highest BCUT2D eigenvalue weighted by Gasteiger charge is 2.13. The first-order valence-electron chi connectivity index (χ1n) is 8.21. The van der Waals surface area contributed by atoms with Crippen LogP contribution in [0.25, 0.3) is 33.5 Å².